The predicted octanol–water partition coefficient (Wildman–Crippen LogP) is 1.84. The number of benzene rings is 2. The molecule has 1 aromatic heterocycles. The van der Waals surface area contributed by atoms with Crippen molar-refractivity contribution in [1.29, 1.82) is 0 Å². The molecule has 0 fully saturated rings. The molecule has 0 atom stereocenters. The van der Waals surface area contributed by atoms with Crippen molar-refractivity contribution in [3.63, 3.8) is 0 Å². The number of nitrogens with one attached hydrogen (secondary N) is 2. The molecule has 1 amide bonds. The zero-order valence-electron chi connectivity index (χ0n) is 21.2. The number of carbonyl (C=O) groups excluding carboxylic acids is 1. The Balaban J connectivity index is 1.33. The van der Waals surface area contributed by atoms with E-state index in [-0.39, 0.29) is 23.2 Å². The largest absolute Gasteiger partial charge is 0.497 e. The molecule has 0 unspecified atom stereocenters. The molecule has 0 spiro atoms. The van der Waals surface area contributed by atoms with Gasteiger partial charge in [-0.3, -0.25) is 9.79 Å². The fraction of sp³-hybridized carbons (Fsp3) is 0.360. The Morgan fingerprint density at radius 3 is 2.51 bits per heavy atom. The van der Waals surface area contributed by atoms with E-state index >= 15 is 0 Å². The summed E-state index contributed by atoms with van der Waals surface area (Å²) in [4.78, 5) is 21.1. The minimum Gasteiger partial charge on any atom is -0.497 e. The van der Waals surface area contributed by atoms with Gasteiger partial charge in [0.05, 0.1) is 25.1 Å². The Morgan fingerprint density at radius 1 is 1.19 bits per heavy atom. The van der Waals surface area contributed by atoms with Crippen molar-refractivity contribution >= 4 is 21.8 Å². The number of amides is 1. The van der Waals surface area contributed by atoms with Gasteiger partial charge in [0.25, 0.3) is 0 Å². The van der Waals surface area contributed by atoms with Crippen LogP contribution in [0.2, 0.25) is 0 Å². The number of aliphatic imine (C=N–C) groups is 1. The van der Waals surface area contributed by atoms with Crippen LogP contribution in [0.4, 0.5) is 0 Å². The second-order valence-corrected chi connectivity index (χ2v) is 10.7. The molecular weight excluding hydrogens is 496 g/mol. The Bertz CT molecular complexity index is 1390. The molecule has 0 radical (unpaired) electrons. The quantitative estimate of drug-likeness (QED) is 0.408. The third-order valence-electron chi connectivity index (χ3n) is 5.97. The minimum atomic E-state index is -3.84. The van der Waals surface area contributed by atoms with Crippen LogP contribution < -0.4 is 15.4 Å². The SMILES string of the molecule is COc1cc(C)c(S(=O)(=O)N(C)Cc2noc(C(=O)NCCc3ccc(C4=NCCN4)cc3)n2)c(C)c1. The highest BCUT2D eigenvalue weighted by Crippen LogP contribution is 2.28. The lowest BCUT2D eigenvalue weighted by molar-refractivity contribution is 0.0910. The fourth-order valence-corrected chi connectivity index (χ4v) is 5.63. The number of aromatic nitrogens is 2. The zero-order chi connectivity index (χ0) is 26.6. The molecule has 0 aliphatic carbocycles. The van der Waals surface area contributed by atoms with E-state index < -0.39 is 15.9 Å². The van der Waals surface area contributed by atoms with Crippen LogP contribution in [0.25, 0.3) is 0 Å². The molecule has 0 bridgehead atoms. The second kappa shape index (κ2) is 11.1. The van der Waals surface area contributed by atoms with E-state index in [0.29, 0.717) is 29.8 Å². The first-order chi connectivity index (χ1) is 17.7. The maximum Gasteiger partial charge on any atom is 0.315 e. The number of methoxy groups -OCH3 is 1. The van der Waals surface area contributed by atoms with Gasteiger partial charge in [-0.05, 0) is 49.1 Å². The Kier molecular flexibility index (Phi) is 7.89. The number of amidine groups is 1. The molecule has 0 saturated carbocycles. The van der Waals surface area contributed by atoms with Crippen LogP contribution in [0, 0.1) is 13.8 Å². The van der Waals surface area contributed by atoms with Crippen molar-refractivity contribution in [1.82, 2.24) is 25.1 Å². The van der Waals surface area contributed by atoms with Crippen LogP contribution in [0.1, 0.15) is 38.8 Å². The molecule has 4 rings (SSSR count). The molecular formula is C25H30N6O5S. The molecule has 1 aliphatic rings. The van der Waals surface area contributed by atoms with Gasteiger partial charge in [0.2, 0.25) is 10.0 Å². The van der Waals surface area contributed by atoms with Gasteiger partial charge in [0, 0.05) is 25.7 Å². The lowest BCUT2D eigenvalue weighted by Gasteiger charge is -2.19. The van der Waals surface area contributed by atoms with Crippen LogP contribution in [0.3, 0.4) is 0 Å². The average molecular weight is 527 g/mol. The number of sulfonamides is 1. The Labute approximate surface area is 216 Å². The maximum atomic E-state index is 13.2. The number of hydrogen-bond donors (Lipinski definition) is 2. The van der Waals surface area contributed by atoms with Crippen molar-refractivity contribution in [2.24, 2.45) is 4.99 Å². The molecule has 2 N–H and O–H groups in total. The highest BCUT2D eigenvalue weighted by molar-refractivity contribution is 7.89. The van der Waals surface area contributed by atoms with Crippen molar-refractivity contribution in [3.8, 4) is 5.75 Å². The van der Waals surface area contributed by atoms with Crippen LogP contribution in [-0.2, 0) is 23.0 Å². The summed E-state index contributed by atoms with van der Waals surface area (Å²) in [5.41, 5.74) is 3.23. The molecule has 12 heteroatoms. The van der Waals surface area contributed by atoms with Gasteiger partial charge in [-0.25, -0.2) is 8.42 Å². The summed E-state index contributed by atoms with van der Waals surface area (Å²) in [5, 5.41) is 9.77. The van der Waals surface area contributed by atoms with Crippen LogP contribution in [-0.4, -0.2) is 68.4 Å². The van der Waals surface area contributed by atoms with Gasteiger partial charge >= 0.3 is 11.8 Å². The standard InChI is InChI=1S/C25H30N6O5S/c1-16-13-20(35-4)14-17(2)22(16)37(33,34)31(3)15-21-29-25(36-30-21)24(32)28-10-9-18-5-7-19(8-6-18)23-26-11-12-27-23/h5-8,13-14H,9-12,15H2,1-4H3,(H,26,27)(H,28,32). The van der Waals surface area contributed by atoms with Gasteiger partial charge < -0.3 is 19.9 Å². The molecule has 3 aromatic rings. The van der Waals surface area contributed by atoms with E-state index in [1.54, 1.807) is 26.0 Å². The lowest BCUT2D eigenvalue weighted by atomic mass is 10.1. The van der Waals surface area contributed by atoms with Crippen molar-refractivity contribution in [3.05, 3.63) is 70.4 Å². The van der Waals surface area contributed by atoms with Gasteiger partial charge in [0.1, 0.15) is 11.6 Å². The minimum absolute atomic E-state index is 0.0825. The highest BCUT2D eigenvalue weighted by Gasteiger charge is 2.27. The van der Waals surface area contributed by atoms with Gasteiger partial charge in [-0.1, -0.05) is 29.4 Å². The fourth-order valence-electron chi connectivity index (χ4n) is 4.10. The molecule has 0 saturated heterocycles. The number of aryl methyl sites for hydroxylation is 2. The summed E-state index contributed by atoms with van der Waals surface area (Å²) in [5.74, 6) is 0.822. The van der Waals surface area contributed by atoms with Gasteiger partial charge in [-0.15, -0.1) is 0 Å². The smallest absolute Gasteiger partial charge is 0.315 e. The summed E-state index contributed by atoms with van der Waals surface area (Å²) in [6, 6.07) is 11.3. The first-order valence-corrected chi connectivity index (χ1v) is 13.2. The molecule has 11 nitrogen and oxygen atoms in total. The van der Waals surface area contributed by atoms with E-state index in [4.69, 9.17) is 9.26 Å². The van der Waals surface area contributed by atoms with E-state index in [1.807, 2.05) is 24.3 Å². The number of nitrogens with zero attached hydrogens (tertiary/aromatic N) is 4. The van der Waals surface area contributed by atoms with E-state index in [1.165, 1.54) is 14.2 Å². The summed E-state index contributed by atoms with van der Waals surface area (Å²) in [6.45, 7) is 5.28. The van der Waals surface area contributed by atoms with Crippen LogP contribution in [0.15, 0.2) is 50.8 Å². The summed E-state index contributed by atoms with van der Waals surface area (Å²) in [6.07, 6.45) is 0.620. The summed E-state index contributed by atoms with van der Waals surface area (Å²) in [7, 11) is -0.890. The summed E-state index contributed by atoms with van der Waals surface area (Å²) >= 11 is 0. The number of hydrogen-bond acceptors (Lipinski definition) is 9. The monoisotopic (exact) mass is 526 g/mol. The summed E-state index contributed by atoms with van der Waals surface area (Å²) < 4.78 is 37.8. The Morgan fingerprint density at radius 2 is 1.89 bits per heavy atom. The van der Waals surface area contributed by atoms with Crippen molar-refractivity contribution in [2.45, 2.75) is 31.7 Å². The third-order valence-corrected chi connectivity index (χ3v) is 8.07. The molecule has 196 valence electrons. The molecule has 2 heterocycles. The number of carbonyl (C=O) groups is 1. The van der Waals surface area contributed by atoms with Crippen LogP contribution in [0.5, 0.6) is 5.75 Å². The first kappa shape index (κ1) is 26.3. The second-order valence-electron chi connectivity index (χ2n) is 8.73. The molecule has 2 aromatic carbocycles. The predicted molar refractivity (Wildman–Crippen MR) is 137 cm³/mol. The lowest BCUT2D eigenvalue weighted by Crippen LogP contribution is -2.28. The van der Waals surface area contributed by atoms with Crippen LogP contribution >= 0.6 is 0 Å². The highest BCUT2D eigenvalue weighted by atomic mass is 32.2. The first-order valence-electron chi connectivity index (χ1n) is 11.8. The van der Waals surface area contributed by atoms with E-state index in [2.05, 4.69) is 25.8 Å². The maximum absolute atomic E-state index is 13.2. The Hall–Kier alpha value is -3.77. The topological polar surface area (TPSA) is 139 Å². The number of ether oxygens (including phenoxy) is 1. The normalized spacial score (nSPS) is 13.4. The molecule has 37 heavy (non-hydrogen) atoms. The van der Waals surface area contributed by atoms with E-state index in [0.717, 1.165) is 34.4 Å². The van der Waals surface area contributed by atoms with Crippen molar-refractivity contribution < 1.29 is 22.5 Å². The average Bonchev–Trinajstić information content (AvgIpc) is 3.56. The zero-order valence-corrected chi connectivity index (χ0v) is 22.1. The number of rotatable bonds is 10. The van der Waals surface area contributed by atoms with Crippen molar-refractivity contribution in [2.75, 3.05) is 33.8 Å². The third kappa shape index (κ3) is 5.97. The van der Waals surface area contributed by atoms with Gasteiger partial charge in [-0.2, -0.15) is 9.29 Å². The van der Waals surface area contributed by atoms with Gasteiger partial charge in [0.15, 0.2) is 5.82 Å². The van der Waals surface area contributed by atoms with E-state index in [9.17, 15) is 13.2 Å². The molecule has 1 aliphatic heterocycles.